The molecule has 2 unspecified atom stereocenters. The maximum atomic E-state index is 13.4. The van der Waals surface area contributed by atoms with Crippen molar-refractivity contribution >= 4 is 17.5 Å². The summed E-state index contributed by atoms with van der Waals surface area (Å²) >= 11 is 5.80. The Morgan fingerprint density at radius 2 is 2.18 bits per heavy atom. The van der Waals surface area contributed by atoms with Crippen molar-refractivity contribution in [2.45, 2.75) is 31.7 Å². The van der Waals surface area contributed by atoms with Crippen LogP contribution in [0, 0.1) is 5.82 Å². The van der Waals surface area contributed by atoms with Crippen LogP contribution in [0.2, 0.25) is 0 Å². The lowest BCUT2D eigenvalue weighted by Gasteiger charge is -2.15. The number of carbonyl (C=O) groups is 1. The van der Waals surface area contributed by atoms with E-state index in [4.69, 9.17) is 16.7 Å². The lowest BCUT2D eigenvalue weighted by atomic mass is 10.1. The Labute approximate surface area is 105 Å². The molecule has 0 aliphatic carbocycles. The van der Waals surface area contributed by atoms with Gasteiger partial charge >= 0.3 is 0 Å². The summed E-state index contributed by atoms with van der Waals surface area (Å²) in [7, 11) is 0. The number of phenols is 1. The van der Waals surface area contributed by atoms with Crippen LogP contribution in [0.15, 0.2) is 18.2 Å². The average Bonchev–Trinajstić information content (AvgIpc) is 2.15. The molecule has 0 radical (unpaired) electrons. The predicted octanol–water partition coefficient (Wildman–Crippen LogP) is 2.67. The molecular weight excluding hydrogens is 245 g/mol. The highest BCUT2D eigenvalue weighted by Gasteiger charge is 2.15. The fourth-order valence-corrected chi connectivity index (χ4v) is 1.80. The molecule has 0 aromatic heterocycles. The minimum absolute atomic E-state index is 0.0602. The summed E-state index contributed by atoms with van der Waals surface area (Å²) in [6.45, 7) is 3.63. The number of hydrogen-bond acceptors (Lipinski definition) is 2. The van der Waals surface area contributed by atoms with Crippen molar-refractivity contribution in [3.8, 4) is 5.75 Å². The molecule has 0 saturated heterocycles. The topological polar surface area (TPSA) is 49.3 Å². The van der Waals surface area contributed by atoms with E-state index in [1.165, 1.54) is 12.1 Å². The molecule has 0 aliphatic heterocycles. The molecule has 1 amide bonds. The van der Waals surface area contributed by atoms with Crippen LogP contribution in [0.3, 0.4) is 0 Å². The third-order valence-corrected chi connectivity index (χ3v) is 2.43. The summed E-state index contributed by atoms with van der Waals surface area (Å²) in [5.74, 6) is -1.46. The maximum Gasteiger partial charge on any atom is 0.254 e. The quantitative estimate of drug-likeness (QED) is 0.817. The van der Waals surface area contributed by atoms with Gasteiger partial charge in [0.25, 0.3) is 5.91 Å². The summed E-state index contributed by atoms with van der Waals surface area (Å²) in [5, 5.41) is 11.6. The molecule has 1 aromatic carbocycles. The Bertz CT molecular complexity index is 409. The van der Waals surface area contributed by atoms with E-state index in [1.807, 2.05) is 6.92 Å². The Morgan fingerprint density at radius 3 is 2.71 bits per heavy atom. The van der Waals surface area contributed by atoms with E-state index >= 15 is 0 Å². The van der Waals surface area contributed by atoms with Gasteiger partial charge in [0.15, 0.2) is 0 Å². The predicted molar refractivity (Wildman–Crippen MR) is 64.9 cm³/mol. The fourth-order valence-electron chi connectivity index (χ4n) is 1.54. The van der Waals surface area contributed by atoms with Crippen LogP contribution < -0.4 is 5.32 Å². The summed E-state index contributed by atoms with van der Waals surface area (Å²) in [6, 6.07) is 3.29. The molecule has 5 heteroatoms. The van der Waals surface area contributed by atoms with Crippen molar-refractivity contribution in [2.75, 3.05) is 0 Å². The first-order chi connectivity index (χ1) is 7.90. The van der Waals surface area contributed by atoms with Gasteiger partial charge in [-0.1, -0.05) is 0 Å². The Balaban J connectivity index is 2.70. The lowest BCUT2D eigenvalue weighted by Crippen LogP contribution is -2.34. The van der Waals surface area contributed by atoms with Crippen molar-refractivity contribution in [1.82, 2.24) is 5.32 Å². The summed E-state index contributed by atoms with van der Waals surface area (Å²) < 4.78 is 13.4. The van der Waals surface area contributed by atoms with Gasteiger partial charge in [-0.25, -0.2) is 4.39 Å². The molecule has 0 heterocycles. The zero-order valence-corrected chi connectivity index (χ0v) is 10.5. The number of hydrogen-bond donors (Lipinski definition) is 2. The number of rotatable bonds is 4. The van der Waals surface area contributed by atoms with E-state index in [1.54, 1.807) is 6.92 Å². The van der Waals surface area contributed by atoms with Crippen molar-refractivity contribution < 1.29 is 14.3 Å². The standard InChI is InChI=1S/C12H15ClFNO2/c1-7(13)5-8(2)15-12(17)10-4-3-9(16)6-11(10)14/h3-4,6-8,16H,5H2,1-2H3,(H,15,17). The summed E-state index contributed by atoms with van der Waals surface area (Å²) in [6.07, 6.45) is 0.604. The largest absolute Gasteiger partial charge is 0.508 e. The highest BCUT2D eigenvalue weighted by atomic mass is 35.5. The number of carbonyl (C=O) groups excluding carboxylic acids is 1. The van der Waals surface area contributed by atoms with Gasteiger partial charge in [-0.2, -0.15) is 0 Å². The molecule has 2 atom stereocenters. The second-order valence-electron chi connectivity index (χ2n) is 4.06. The van der Waals surface area contributed by atoms with Gasteiger partial charge in [0, 0.05) is 17.5 Å². The van der Waals surface area contributed by atoms with Crippen molar-refractivity contribution in [2.24, 2.45) is 0 Å². The monoisotopic (exact) mass is 259 g/mol. The number of nitrogens with one attached hydrogen (secondary N) is 1. The molecule has 1 rings (SSSR count). The molecule has 1 aromatic rings. The zero-order valence-electron chi connectivity index (χ0n) is 9.71. The first kappa shape index (κ1) is 13.8. The molecule has 0 fully saturated rings. The number of aromatic hydroxyl groups is 1. The molecule has 94 valence electrons. The van der Waals surface area contributed by atoms with Crippen LogP contribution in [0.4, 0.5) is 4.39 Å². The SMILES string of the molecule is CC(Cl)CC(C)NC(=O)c1ccc(O)cc1F. The number of amides is 1. The van der Waals surface area contributed by atoms with Crippen LogP contribution in [-0.4, -0.2) is 22.4 Å². The molecular formula is C12H15ClFNO2. The van der Waals surface area contributed by atoms with Gasteiger partial charge in [-0.3, -0.25) is 4.79 Å². The van der Waals surface area contributed by atoms with E-state index in [0.29, 0.717) is 6.42 Å². The van der Waals surface area contributed by atoms with Crippen LogP contribution in [-0.2, 0) is 0 Å². The molecule has 0 aliphatic rings. The Morgan fingerprint density at radius 1 is 1.53 bits per heavy atom. The van der Waals surface area contributed by atoms with Gasteiger partial charge in [0.05, 0.1) is 5.56 Å². The zero-order chi connectivity index (χ0) is 13.0. The molecule has 3 nitrogen and oxygen atoms in total. The van der Waals surface area contributed by atoms with Gasteiger partial charge < -0.3 is 10.4 Å². The number of halogens is 2. The van der Waals surface area contributed by atoms with E-state index in [9.17, 15) is 9.18 Å². The Kier molecular flexibility index (Phi) is 4.75. The fraction of sp³-hybridized carbons (Fsp3) is 0.417. The third-order valence-electron chi connectivity index (χ3n) is 2.25. The Hall–Kier alpha value is -1.29. The highest BCUT2D eigenvalue weighted by Crippen LogP contribution is 2.15. The van der Waals surface area contributed by atoms with E-state index in [-0.39, 0.29) is 22.7 Å². The van der Waals surface area contributed by atoms with Crippen LogP contribution >= 0.6 is 11.6 Å². The van der Waals surface area contributed by atoms with Gasteiger partial charge in [0.2, 0.25) is 0 Å². The minimum Gasteiger partial charge on any atom is -0.508 e. The number of alkyl halides is 1. The molecule has 0 spiro atoms. The third kappa shape index (κ3) is 4.23. The van der Waals surface area contributed by atoms with E-state index in [2.05, 4.69) is 5.32 Å². The average molecular weight is 260 g/mol. The van der Waals surface area contributed by atoms with Gasteiger partial charge in [-0.15, -0.1) is 11.6 Å². The second kappa shape index (κ2) is 5.87. The minimum atomic E-state index is -0.742. The number of phenolic OH excluding ortho intramolecular Hbond substituents is 1. The van der Waals surface area contributed by atoms with Crippen molar-refractivity contribution in [1.29, 1.82) is 0 Å². The second-order valence-corrected chi connectivity index (χ2v) is 4.80. The normalized spacial score (nSPS) is 14.1. The summed E-state index contributed by atoms with van der Waals surface area (Å²) in [5.41, 5.74) is -0.0862. The van der Waals surface area contributed by atoms with Crippen molar-refractivity contribution in [3.05, 3.63) is 29.6 Å². The first-order valence-electron chi connectivity index (χ1n) is 5.33. The van der Waals surface area contributed by atoms with Gasteiger partial charge in [-0.05, 0) is 32.4 Å². The summed E-state index contributed by atoms with van der Waals surface area (Å²) in [4.78, 5) is 11.7. The molecule has 17 heavy (non-hydrogen) atoms. The van der Waals surface area contributed by atoms with Crippen LogP contribution in [0.25, 0.3) is 0 Å². The number of benzene rings is 1. The lowest BCUT2D eigenvalue weighted by molar-refractivity contribution is 0.0934. The highest BCUT2D eigenvalue weighted by molar-refractivity contribution is 6.20. The molecule has 0 bridgehead atoms. The molecule has 2 N–H and O–H groups in total. The van der Waals surface area contributed by atoms with Crippen LogP contribution in [0.5, 0.6) is 5.75 Å². The maximum absolute atomic E-state index is 13.4. The van der Waals surface area contributed by atoms with Crippen LogP contribution in [0.1, 0.15) is 30.6 Å². The molecule has 0 saturated carbocycles. The van der Waals surface area contributed by atoms with Crippen molar-refractivity contribution in [3.63, 3.8) is 0 Å². The van der Waals surface area contributed by atoms with E-state index < -0.39 is 11.7 Å². The first-order valence-corrected chi connectivity index (χ1v) is 5.77. The smallest absolute Gasteiger partial charge is 0.254 e. The van der Waals surface area contributed by atoms with E-state index in [0.717, 1.165) is 6.07 Å². The van der Waals surface area contributed by atoms with Gasteiger partial charge in [0.1, 0.15) is 11.6 Å².